The van der Waals surface area contributed by atoms with E-state index in [2.05, 4.69) is 23.8 Å². The van der Waals surface area contributed by atoms with Crippen molar-refractivity contribution in [3.63, 3.8) is 0 Å². The highest BCUT2D eigenvalue weighted by Crippen LogP contribution is 2.20. The molecule has 1 fully saturated rings. The van der Waals surface area contributed by atoms with Crippen molar-refractivity contribution < 1.29 is 9.53 Å². The van der Waals surface area contributed by atoms with Gasteiger partial charge in [0.25, 0.3) is 5.91 Å². The third kappa shape index (κ3) is 3.14. The number of para-hydroxylation sites is 1. The molecule has 2 aromatic rings. The molecular formula is C17H23N3O2. The maximum atomic E-state index is 12.7. The van der Waals surface area contributed by atoms with Crippen LogP contribution in [0.4, 0.5) is 0 Å². The second-order valence-corrected chi connectivity index (χ2v) is 6.32. The zero-order valence-electron chi connectivity index (χ0n) is 13.2. The Hall–Kier alpha value is -1.88. The predicted molar refractivity (Wildman–Crippen MR) is 85.8 cm³/mol. The van der Waals surface area contributed by atoms with Crippen LogP contribution in [-0.4, -0.2) is 46.6 Å². The van der Waals surface area contributed by atoms with E-state index in [0.29, 0.717) is 11.5 Å². The van der Waals surface area contributed by atoms with Crippen LogP contribution in [0.3, 0.4) is 0 Å². The molecule has 0 saturated carbocycles. The molecule has 1 aromatic carbocycles. The van der Waals surface area contributed by atoms with Gasteiger partial charge < -0.3 is 14.6 Å². The number of H-pyrrole nitrogens is 1. The number of hydrogen-bond acceptors (Lipinski definition) is 3. The molecular weight excluding hydrogens is 278 g/mol. The van der Waals surface area contributed by atoms with E-state index in [4.69, 9.17) is 4.74 Å². The summed E-state index contributed by atoms with van der Waals surface area (Å²) in [6.07, 6.45) is 3.74. The SMILES string of the molecule is CC(C)COC1CCN(C(=O)c2cccc3[nH]cnc23)CC1. The summed E-state index contributed by atoms with van der Waals surface area (Å²) in [5.41, 5.74) is 2.34. The Bertz CT molecular complexity index is 642. The molecule has 1 aliphatic rings. The van der Waals surface area contributed by atoms with Crippen molar-refractivity contribution in [2.75, 3.05) is 19.7 Å². The number of ether oxygens (including phenoxy) is 1. The van der Waals surface area contributed by atoms with Gasteiger partial charge in [-0.15, -0.1) is 0 Å². The molecule has 22 heavy (non-hydrogen) atoms. The van der Waals surface area contributed by atoms with Gasteiger partial charge >= 0.3 is 0 Å². The molecule has 0 unspecified atom stereocenters. The Labute approximate surface area is 130 Å². The molecule has 118 valence electrons. The molecule has 1 N–H and O–H groups in total. The number of carbonyl (C=O) groups is 1. The number of fused-ring (bicyclic) bond motifs is 1. The highest BCUT2D eigenvalue weighted by molar-refractivity contribution is 6.04. The first kappa shape index (κ1) is 15.0. The fraction of sp³-hybridized carbons (Fsp3) is 0.529. The summed E-state index contributed by atoms with van der Waals surface area (Å²) in [5.74, 6) is 0.622. The van der Waals surface area contributed by atoms with E-state index in [9.17, 15) is 4.79 Å². The number of piperidine rings is 1. The quantitative estimate of drug-likeness (QED) is 0.944. The molecule has 2 heterocycles. The Morgan fingerprint density at radius 1 is 1.41 bits per heavy atom. The first-order valence-electron chi connectivity index (χ1n) is 7.98. The standard InChI is InChI=1S/C17H23N3O2/c1-12(2)10-22-13-6-8-20(9-7-13)17(21)14-4-3-5-15-16(14)19-11-18-15/h3-5,11-13H,6-10H2,1-2H3,(H,18,19). The van der Waals surface area contributed by atoms with Crippen molar-refractivity contribution in [3.05, 3.63) is 30.1 Å². The molecule has 0 aliphatic carbocycles. The van der Waals surface area contributed by atoms with Crippen LogP contribution in [0.25, 0.3) is 11.0 Å². The van der Waals surface area contributed by atoms with E-state index >= 15 is 0 Å². The summed E-state index contributed by atoms with van der Waals surface area (Å²) < 4.78 is 5.88. The summed E-state index contributed by atoms with van der Waals surface area (Å²) in [7, 11) is 0. The molecule has 0 radical (unpaired) electrons. The highest BCUT2D eigenvalue weighted by Gasteiger charge is 2.25. The van der Waals surface area contributed by atoms with Gasteiger partial charge in [-0.25, -0.2) is 4.98 Å². The number of amides is 1. The van der Waals surface area contributed by atoms with Crippen LogP contribution in [-0.2, 0) is 4.74 Å². The van der Waals surface area contributed by atoms with Crippen LogP contribution in [0.15, 0.2) is 24.5 Å². The molecule has 1 amide bonds. The minimum absolute atomic E-state index is 0.0695. The Morgan fingerprint density at radius 2 is 2.18 bits per heavy atom. The summed E-state index contributed by atoms with van der Waals surface area (Å²) in [6.45, 7) is 6.61. The second kappa shape index (κ2) is 6.48. The predicted octanol–water partition coefficient (Wildman–Crippen LogP) is 2.84. The lowest BCUT2D eigenvalue weighted by molar-refractivity contribution is -0.00227. The van der Waals surface area contributed by atoms with Crippen molar-refractivity contribution in [2.45, 2.75) is 32.8 Å². The van der Waals surface area contributed by atoms with Gasteiger partial charge in [0, 0.05) is 19.7 Å². The third-order valence-corrected chi connectivity index (χ3v) is 4.07. The monoisotopic (exact) mass is 301 g/mol. The zero-order chi connectivity index (χ0) is 15.5. The van der Waals surface area contributed by atoms with Crippen LogP contribution in [0.1, 0.15) is 37.0 Å². The van der Waals surface area contributed by atoms with Crippen LogP contribution in [0.2, 0.25) is 0 Å². The number of rotatable bonds is 4. The van der Waals surface area contributed by atoms with Crippen molar-refractivity contribution in [1.29, 1.82) is 0 Å². The first-order chi connectivity index (χ1) is 10.6. The summed E-state index contributed by atoms with van der Waals surface area (Å²) in [5, 5.41) is 0. The minimum Gasteiger partial charge on any atom is -0.378 e. The number of benzene rings is 1. The number of nitrogens with zero attached hydrogens (tertiary/aromatic N) is 2. The number of imidazole rings is 1. The molecule has 5 nitrogen and oxygen atoms in total. The average molecular weight is 301 g/mol. The molecule has 1 aromatic heterocycles. The van der Waals surface area contributed by atoms with Crippen molar-refractivity contribution in [3.8, 4) is 0 Å². The van der Waals surface area contributed by atoms with Crippen LogP contribution in [0.5, 0.6) is 0 Å². The Kier molecular flexibility index (Phi) is 4.43. The lowest BCUT2D eigenvalue weighted by Crippen LogP contribution is -2.41. The number of carbonyl (C=O) groups excluding carboxylic acids is 1. The summed E-state index contributed by atoms with van der Waals surface area (Å²) in [6, 6.07) is 5.68. The number of hydrogen-bond donors (Lipinski definition) is 1. The molecule has 0 atom stereocenters. The topological polar surface area (TPSA) is 58.2 Å². The second-order valence-electron chi connectivity index (χ2n) is 6.32. The summed E-state index contributed by atoms with van der Waals surface area (Å²) in [4.78, 5) is 22.0. The van der Waals surface area contributed by atoms with Gasteiger partial charge in [0.05, 0.1) is 23.5 Å². The maximum Gasteiger partial charge on any atom is 0.256 e. The Morgan fingerprint density at radius 3 is 2.91 bits per heavy atom. The van der Waals surface area contributed by atoms with E-state index in [1.165, 1.54) is 0 Å². The van der Waals surface area contributed by atoms with E-state index in [1.807, 2.05) is 23.1 Å². The molecule has 3 rings (SSSR count). The van der Waals surface area contributed by atoms with Crippen molar-refractivity contribution >= 4 is 16.9 Å². The number of likely N-dealkylation sites (tertiary alicyclic amines) is 1. The van der Waals surface area contributed by atoms with Gasteiger partial charge in [-0.05, 0) is 30.9 Å². The lowest BCUT2D eigenvalue weighted by atomic mass is 10.1. The van der Waals surface area contributed by atoms with Gasteiger partial charge in [0.1, 0.15) is 5.52 Å². The average Bonchev–Trinajstić information content (AvgIpc) is 3.01. The largest absolute Gasteiger partial charge is 0.378 e. The normalized spacial score (nSPS) is 16.6. The van der Waals surface area contributed by atoms with Crippen LogP contribution >= 0.6 is 0 Å². The van der Waals surface area contributed by atoms with Gasteiger partial charge in [-0.1, -0.05) is 19.9 Å². The lowest BCUT2D eigenvalue weighted by Gasteiger charge is -2.32. The van der Waals surface area contributed by atoms with E-state index in [0.717, 1.165) is 43.6 Å². The van der Waals surface area contributed by atoms with Gasteiger partial charge in [0.15, 0.2) is 0 Å². The summed E-state index contributed by atoms with van der Waals surface area (Å²) >= 11 is 0. The molecule has 0 bridgehead atoms. The van der Waals surface area contributed by atoms with E-state index in [-0.39, 0.29) is 12.0 Å². The van der Waals surface area contributed by atoms with Crippen LogP contribution < -0.4 is 0 Å². The van der Waals surface area contributed by atoms with E-state index < -0.39 is 0 Å². The molecule has 1 aliphatic heterocycles. The molecule has 0 spiro atoms. The number of aromatic amines is 1. The first-order valence-corrected chi connectivity index (χ1v) is 7.98. The highest BCUT2D eigenvalue weighted by atomic mass is 16.5. The van der Waals surface area contributed by atoms with Crippen LogP contribution in [0, 0.1) is 5.92 Å². The Balaban J connectivity index is 1.64. The molecule has 1 saturated heterocycles. The zero-order valence-corrected chi connectivity index (χ0v) is 13.2. The fourth-order valence-electron chi connectivity index (χ4n) is 2.86. The third-order valence-electron chi connectivity index (χ3n) is 4.07. The van der Waals surface area contributed by atoms with Crippen molar-refractivity contribution in [1.82, 2.24) is 14.9 Å². The van der Waals surface area contributed by atoms with Gasteiger partial charge in [0.2, 0.25) is 0 Å². The van der Waals surface area contributed by atoms with Crippen molar-refractivity contribution in [2.24, 2.45) is 5.92 Å². The van der Waals surface area contributed by atoms with Gasteiger partial charge in [-0.3, -0.25) is 4.79 Å². The maximum absolute atomic E-state index is 12.7. The molecule has 5 heteroatoms. The van der Waals surface area contributed by atoms with E-state index in [1.54, 1.807) is 6.33 Å². The number of aromatic nitrogens is 2. The van der Waals surface area contributed by atoms with Gasteiger partial charge in [-0.2, -0.15) is 0 Å². The number of nitrogens with one attached hydrogen (secondary N) is 1. The fourth-order valence-corrected chi connectivity index (χ4v) is 2.86. The minimum atomic E-state index is 0.0695. The smallest absolute Gasteiger partial charge is 0.256 e.